The van der Waals surface area contributed by atoms with Crippen LogP contribution >= 0.6 is 0 Å². The van der Waals surface area contributed by atoms with E-state index in [9.17, 15) is 9.59 Å². The van der Waals surface area contributed by atoms with Crippen molar-refractivity contribution in [1.29, 1.82) is 0 Å². The second kappa shape index (κ2) is 5.52. The van der Waals surface area contributed by atoms with Gasteiger partial charge in [0.15, 0.2) is 0 Å². The molecule has 1 aliphatic rings. The molecule has 0 saturated heterocycles. The van der Waals surface area contributed by atoms with E-state index in [0.717, 1.165) is 0 Å². The van der Waals surface area contributed by atoms with E-state index in [1.54, 1.807) is 0 Å². The second-order valence-corrected chi connectivity index (χ2v) is 5.78. The molecule has 0 aliphatic heterocycles. The molecule has 17 heavy (non-hydrogen) atoms. The number of carbonyl (C=O) groups is 2. The lowest BCUT2D eigenvalue weighted by atomic mass is 10.2. The number of hydrogen-bond donors (Lipinski definition) is 1. The molecule has 0 radical (unpaired) electrons. The van der Waals surface area contributed by atoms with E-state index in [-0.39, 0.29) is 30.8 Å². The van der Waals surface area contributed by atoms with Gasteiger partial charge in [-0.1, -0.05) is 0 Å². The van der Waals surface area contributed by atoms with Crippen LogP contribution in [-0.4, -0.2) is 23.5 Å². The molecule has 1 fully saturated rings. The maximum Gasteiger partial charge on any atom is 0.306 e. The normalized spacial score (nSPS) is 17.4. The van der Waals surface area contributed by atoms with Crippen LogP contribution in [0.2, 0.25) is 0 Å². The van der Waals surface area contributed by atoms with Crippen LogP contribution in [0.25, 0.3) is 0 Å². The minimum atomic E-state index is -0.477. The van der Waals surface area contributed by atoms with Crippen molar-refractivity contribution in [2.45, 2.75) is 65.0 Å². The third-order valence-corrected chi connectivity index (χ3v) is 2.69. The van der Waals surface area contributed by atoms with E-state index in [1.165, 1.54) is 12.8 Å². The van der Waals surface area contributed by atoms with Gasteiger partial charge < -0.3 is 10.1 Å². The molecule has 0 aromatic rings. The number of hydrogen-bond acceptors (Lipinski definition) is 3. The van der Waals surface area contributed by atoms with Crippen molar-refractivity contribution >= 4 is 11.9 Å². The molecular formula is C13H23NO3. The fraction of sp³-hybridized carbons (Fsp3) is 0.846. The van der Waals surface area contributed by atoms with E-state index in [4.69, 9.17) is 4.74 Å². The molecule has 1 atom stereocenters. The Bertz CT molecular complexity index is 290. The van der Waals surface area contributed by atoms with Gasteiger partial charge in [0.05, 0.1) is 6.42 Å². The van der Waals surface area contributed by atoms with Crippen LogP contribution in [0.3, 0.4) is 0 Å². The fourth-order valence-corrected chi connectivity index (χ4v) is 1.65. The summed E-state index contributed by atoms with van der Waals surface area (Å²) in [5.41, 5.74) is -0.477. The first-order valence-corrected chi connectivity index (χ1v) is 6.29. The van der Waals surface area contributed by atoms with E-state index >= 15 is 0 Å². The fourth-order valence-electron chi connectivity index (χ4n) is 1.65. The lowest BCUT2D eigenvalue weighted by Crippen LogP contribution is -2.34. The summed E-state index contributed by atoms with van der Waals surface area (Å²) in [6.07, 6.45) is 2.77. The SMILES string of the molecule is CC(NC(=O)CCC(=O)OC(C)(C)C)C1CC1. The Kier molecular flexibility index (Phi) is 4.54. The third kappa shape index (κ3) is 6.29. The van der Waals surface area contributed by atoms with Gasteiger partial charge in [0.2, 0.25) is 5.91 Å². The van der Waals surface area contributed by atoms with Crippen molar-refractivity contribution < 1.29 is 14.3 Å². The molecule has 4 heteroatoms. The van der Waals surface area contributed by atoms with Gasteiger partial charge in [0.1, 0.15) is 5.60 Å². The average Bonchev–Trinajstić information content (AvgIpc) is 2.94. The maximum absolute atomic E-state index is 11.5. The Hall–Kier alpha value is -1.06. The third-order valence-electron chi connectivity index (χ3n) is 2.69. The van der Waals surface area contributed by atoms with Gasteiger partial charge >= 0.3 is 5.97 Å². The van der Waals surface area contributed by atoms with Crippen LogP contribution in [0.1, 0.15) is 53.4 Å². The highest BCUT2D eigenvalue weighted by molar-refractivity contribution is 5.81. The molecule has 0 heterocycles. The zero-order valence-corrected chi connectivity index (χ0v) is 11.2. The Morgan fingerprint density at radius 3 is 2.35 bits per heavy atom. The molecule has 1 saturated carbocycles. The molecule has 1 N–H and O–H groups in total. The second-order valence-electron chi connectivity index (χ2n) is 5.78. The Balaban J connectivity index is 2.16. The van der Waals surface area contributed by atoms with Crippen LogP contribution < -0.4 is 5.32 Å². The summed E-state index contributed by atoms with van der Waals surface area (Å²) >= 11 is 0. The lowest BCUT2D eigenvalue weighted by Gasteiger charge is -2.19. The summed E-state index contributed by atoms with van der Waals surface area (Å²) in [4.78, 5) is 22.9. The Morgan fingerprint density at radius 2 is 1.88 bits per heavy atom. The van der Waals surface area contributed by atoms with Gasteiger partial charge in [0.25, 0.3) is 0 Å². The van der Waals surface area contributed by atoms with Crippen LogP contribution in [0.15, 0.2) is 0 Å². The molecule has 0 spiro atoms. The average molecular weight is 241 g/mol. The van der Waals surface area contributed by atoms with Gasteiger partial charge in [-0.15, -0.1) is 0 Å². The van der Waals surface area contributed by atoms with E-state index in [1.807, 2.05) is 27.7 Å². The predicted octanol–water partition coefficient (Wildman–Crippen LogP) is 2.02. The molecule has 4 nitrogen and oxygen atoms in total. The van der Waals surface area contributed by atoms with Crippen molar-refractivity contribution in [2.24, 2.45) is 5.92 Å². The Morgan fingerprint density at radius 1 is 1.29 bits per heavy atom. The molecule has 0 aromatic heterocycles. The number of ether oxygens (including phenoxy) is 1. The van der Waals surface area contributed by atoms with Crippen molar-refractivity contribution in [2.75, 3.05) is 0 Å². The summed E-state index contributed by atoms with van der Waals surface area (Å²) in [5, 5.41) is 2.91. The molecule has 1 rings (SSSR count). The van der Waals surface area contributed by atoms with Crippen molar-refractivity contribution in [3.8, 4) is 0 Å². The van der Waals surface area contributed by atoms with E-state index in [0.29, 0.717) is 5.92 Å². The van der Waals surface area contributed by atoms with Gasteiger partial charge in [-0.25, -0.2) is 0 Å². The first-order valence-electron chi connectivity index (χ1n) is 6.29. The first kappa shape index (κ1) is 14.0. The standard InChI is InChI=1S/C13H23NO3/c1-9(10-5-6-10)14-11(15)7-8-12(16)17-13(2,3)4/h9-10H,5-8H2,1-4H3,(H,14,15). The molecule has 1 unspecified atom stereocenters. The van der Waals surface area contributed by atoms with Crippen LogP contribution in [0.5, 0.6) is 0 Å². The summed E-state index contributed by atoms with van der Waals surface area (Å²) in [5.74, 6) is 0.266. The number of nitrogens with one attached hydrogen (secondary N) is 1. The summed E-state index contributed by atoms with van der Waals surface area (Å²) in [6.45, 7) is 7.48. The highest BCUT2D eigenvalue weighted by Gasteiger charge is 2.28. The molecular weight excluding hydrogens is 218 g/mol. The van der Waals surface area contributed by atoms with Gasteiger partial charge in [0, 0.05) is 12.5 Å². The molecule has 98 valence electrons. The number of rotatable bonds is 5. The zero-order valence-electron chi connectivity index (χ0n) is 11.2. The highest BCUT2D eigenvalue weighted by atomic mass is 16.6. The lowest BCUT2D eigenvalue weighted by molar-refractivity contribution is -0.155. The first-order chi connectivity index (χ1) is 7.78. The minimum absolute atomic E-state index is 0.0599. The maximum atomic E-state index is 11.5. The minimum Gasteiger partial charge on any atom is -0.460 e. The van der Waals surface area contributed by atoms with E-state index < -0.39 is 5.60 Å². The Labute approximate surface area is 103 Å². The number of esters is 1. The van der Waals surface area contributed by atoms with Crippen molar-refractivity contribution in [1.82, 2.24) is 5.32 Å². The van der Waals surface area contributed by atoms with Crippen LogP contribution in [-0.2, 0) is 14.3 Å². The van der Waals surface area contributed by atoms with E-state index in [2.05, 4.69) is 5.32 Å². The van der Waals surface area contributed by atoms with Gasteiger partial charge in [-0.3, -0.25) is 9.59 Å². The van der Waals surface area contributed by atoms with Crippen molar-refractivity contribution in [3.63, 3.8) is 0 Å². The van der Waals surface area contributed by atoms with Gasteiger partial charge in [-0.05, 0) is 46.5 Å². The zero-order chi connectivity index (χ0) is 13.1. The molecule has 0 aromatic carbocycles. The summed E-state index contributed by atoms with van der Waals surface area (Å²) in [6, 6.07) is 0.237. The molecule has 1 amide bonds. The summed E-state index contributed by atoms with van der Waals surface area (Å²) < 4.78 is 5.13. The topological polar surface area (TPSA) is 55.4 Å². The predicted molar refractivity (Wildman–Crippen MR) is 65.4 cm³/mol. The molecule has 0 bridgehead atoms. The van der Waals surface area contributed by atoms with Crippen LogP contribution in [0.4, 0.5) is 0 Å². The summed E-state index contributed by atoms with van der Waals surface area (Å²) in [7, 11) is 0. The molecule has 1 aliphatic carbocycles. The highest BCUT2D eigenvalue weighted by Crippen LogP contribution is 2.32. The largest absolute Gasteiger partial charge is 0.460 e. The monoisotopic (exact) mass is 241 g/mol. The van der Waals surface area contributed by atoms with Crippen LogP contribution in [0, 0.1) is 5.92 Å². The number of amides is 1. The van der Waals surface area contributed by atoms with Gasteiger partial charge in [-0.2, -0.15) is 0 Å². The van der Waals surface area contributed by atoms with Crippen molar-refractivity contribution in [3.05, 3.63) is 0 Å². The number of carbonyl (C=O) groups excluding carboxylic acids is 2. The smallest absolute Gasteiger partial charge is 0.306 e. The quantitative estimate of drug-likeness (QED) is 0.749.